The molecule has 6 heteroatoms. The quantitative estimate of drug-likeness (QED) is 0.769. The standard InChI is InChI=1S/C10H17N5O/c1-15-13-10(12-14-15)6-9(16)7-4-2-3-5-8(7)11/h7-8H,2-6,11H2,1H3. The van der Waals surface area contributed by atoms with Crippen LogP contribution in [0.5, 0.6) is 0 Å². The zero-order valence-corrected chi connectivity index (χ0v) is 9.46. The van der Waals surface area contributed by atoms with Crippen molar-refractivity contribution >= 4 is 5.78 Å². The van der Waals surface area contributed by atoms with Gasteiger partial charge in [0.2, 0.25) is 0 Å². The number of nitrogens with zero attached hydrogens (tertiary/aromatic N) is 4. The third kappa shape index (κ3) is 2.44. The highest BCUT2D eigenvalue weighted by Crippen LogP contribution is 2.24. The van der Waals surface area contributed by atoms with Crippen LogP contribution in [-0.4, -0.2) is 32.0 Å². The van der Waals surface area contributed by atoms with Crippen molar-refractivity contribution in [3.8, 4) is 0 Å². The lowest BCUT2D eigenvalue weighted by molar-refractivity contribution is -0.123. The maximum atomic E-state index is 12.0. The van der Waals surface area contributed by atoms with Gasteiger partial charge in [-0.3, -0.25) is 4.79 Å². The molecular formula is C10H17N5O. The smallest absolute Gasteiger partial charge is 0.182 e. The summed E-state index contributed by atoms with van der Waals surface area (Å²) >= 11 is 0. The zero-order valence-electron chi connectivity index (χ0n) is 9.46. The molecule has 1 fully saturated rings. The number of carbonyl (C=O) groups excluding carboxylic acids is 1. The number of carbonyl (C=O) groups is 1. The molecule has 2 unspecified atom stereocenters. The van der Waals surface area contributed by atoms with Gasteiger partial charge >= 0.3 is 0 Å². The summed E-state index contributed by atoms with van der Waals surface area (Å²) in [5, 5.41) is 11.5. The van der Waals surface area contributed by atoms with E-state index < -0.39 is 0 Å². The van der Waals surface area contributed by atoms with Crippen molar-refractivity contribution in [2.75, 3.05) is 0 Å². The number of aryl methyl sites for hydroxylation is 1. The largest absolute Gasteiger partial charge is 0.327 e. The number of nitrogens with two attached hydrogens (primary N) is 1. The fraction of sp³-hybridized carbons (Fsp3) is 0.800. The summed E-state index contributed by atoms with van der Waals surface area (Å²) in [6.07, 6.45) is 4.34. The van der Waals surface area contributed by atoms with Crippen molar-refractivity contribution in [3.63, 3.8) is 0 Å². The van der Waals surface area contributed by atoms with Crippen LogP contribution in [0.3, 0.4) is 0 Å². The summed E-state index contributed by atoms with van der Waals surface area (Å²) in [6, 6.07) is 0.0120. The van der Waals surface area contributed by atoms with Gasteiger partial charge in [0.15, 0.2) is 5.82 Å². The van der Waals surface area contributed by atoms with E-state index in [1.54, 1.807) is 7.05 Å². The van der Waals surface area contributed by atoms with Crippen LogP contribution in [0.25, 0.3) is 0 Å². The molecular weight excluding hydrogens is 206 g/mol. The average molecular weight is 223 g/mol. The minimum absolute atomic E-state index is 0.0120. The number of hydrogen-bond acceptors (Lipinski definition) is 5. The normalized spacial score (nSPS) is 25.6. The summed E-state index contributed by atoms with van der Waals surface area (Å²) in [5.41, 5.74) is 5.96. The van der Waals surface area contributed by atoms with Crippen molar-refractivity contribution in [2.45, 2.75) is 38.1 Å². The van der Waals surface area contributed by atoms with Crippen molar-refractivity contribution < 1.29 is 4.79 Å². The SMILES string of the molecule is Cn1nnc(CC(=O)C2CCCCC2N)n1. The lowest BCUT2D eigenvalue weighted by Gasteiger charge is -2.26. The van der Waals surface area contributed by atoms with Gasteiger partial charge < -0.3 is 5.73 Å². The number of tetrazole rings is 1. The van der Waals surface area contributed by atoms with E-state index in [1.165, 1.54) is 4.80 Å². The van der Waals surface area contributed by atoms with Crippen LogP contribution in [0.15, 0.2) is 0 Å². The second kappa shape index (κ2) is 4.69. The first-order chi connectivity index (χ1) is 7.66. The average Bonchev–Trinajstić information content (AvgIpc) is 2.64. The van der Waals surface area contributed by atoms with Gasteiger partial charge in [-0.05, 0) is 18.1 Å². The molecule has 0 bridgehead atoms. The Morgan fingerprint density at radius 3 is 2.88 bits per heavy atom. The van der Waals surface area contributed by atoms with E-state index in [2.05, 4.69) is 15.4 Å². The molecule has 0 saturated heterocycles. The molecule has 2 atom stereocenters. The van der Waals surface area contributed by atoms with Gasteiger partial charge in [0.1, 0.15) is 5.78 Å². The Kier molecular flexibility index (Phi) is 3.28. The summed E-state index contributed by atoms with van der Waals surface area (Å²) in [5.74, 6) is 0.628. The van der Waals surface area contributed by atoms with E-state index in [4.69, 9.17) is 5.73 Å². The lowest BCUT2D eigenvalue weighted by atomic mass is 9.81. The second-order valence-electron chi connectivity index (χ2n) is 4.39. The third-order valence-corrected chi connectivity index (χ3v) is 3.12. The second-order valence-corrected chi connectivity index (χ2v) is 4.39. The molecule has 0 radical (unpaired) electrons. The summed E-state index contributed by atoms with van der Waals surface area (Å²) in [7, 11) is 1.69. The Bertz CT molecular complexity index is 375. The van der Waals surface area contributed by atoms with E-state index in [1.807, 2.05) is 0 Å². The van der Waals surface area contributed by atoms with Gasteiger partial charge in [-0.2, -0.15) is 4.80 Å². The van der Waals surface area contributed by atoms with Crippen LogP contribution in [-0.2, 0) is 18.3 Å². The first-order valence-electron chi connectivity index (χ1n) is 5.68. The van der Waals surface area contributed by atoms with E-state index in [0.717, 1.165) is 25.7 Å². The van der Waals surface area contributed by atoms with E-state index in [0.29, 0.717) is 5.82 Å². The number of rotatable bonds is 3. The molecule has 0 amide bonds. The van der Waals surface area contributed by atoms with Crippen LogP contribution in [0, 0.1) is 5.92 Å². The lowest BCUT2D eigenvalue weighted by Crippen LogP contribution is -2.38. The van der Waals surface area contributed by atoms with Gasteiger partial charge in [0, 0.05) is 12.0 Å². The van der Waals surface area contributed by atoms with Crippen LogP contribution in [0.1, 0.15) is 31.5 Å². The molecule has 1 aliphatic carbocycles. The van der Waals surface area contributed by atoms with Crippen LogP contribution in [0.2, 0.25) is 0 Å². The third-order valence-electron chi connectivity index (χ3n) is 3.12. The Balaban J connectivity index is 1.96. The number of hydrogen-bond donors (Lipinski definition) is 1. The molecule has 0 aliphatic heterocycles. The van der Waals surface area contributed by atoms with E-state index >= 15 is 0 Å². The number of ketones is 1. The van der Waals surface area contributed by atoms with Crippen molar-refractivity contribution in [1.82, 2.24) is 20.2 Å². The van der Waals surface area contributed by atoms with Gasteiger partial charge in [-0.1, -0.05) is 12.8 Å². The van der Waals surface area contributed by atoms with Crippen LogP contribution >= 0.6 is 0 Å². The molecule has 1 heterocycles. The predicted molar refractivity (Wildman–Crippen MR) is 57.4 cm³/mol. The van der Waals surface area contributed by atoms with E-state index in [-0.39, 0.29) is 24.2 Å². The summed E-state index contributed by atoms with van der Waals surface area (Å²) in [6.45, 7) is 0. The molecule has 2 N–H and O–H groups in total. The van der Waals surface area contributed by atoms with Crippen molar-refractivity contribution in [1.29, 1.82) is 0 Å². The zero-order chi connectivity index (χ0) is 11.5. The summed E-state index contributed by atoms with van der Waals surface area (Å²) in [4.78, 5) is 13.4. The topological polar surface area (TPSA) is 86.7 Å². The maximum Gasteiger partial charge on any atom is 0.182 e. The minimum atomic E-state index is -0.0162. The fourth-order valence-corrected chi connectivity index (χ4v) is 2.24. The molecule has 16 heavy (non-hydrogen) atoms. The molecule has 0 aromatic carbocycles. The molecule has 1 aromatic heterocycles. The van der Waals surface area contributed by atoms with Crippen LogP contribution in [0.4, 0.5) is 0 Å². The number of Topliss-reactive ketones (excluding diaryl/α,β-unsaturated/α-hetero) is 1. The van der Waals surface area contributed by atoms with E-state index in [9.17, 15) is 4.79 Å². The Hall–Kier alpha value is -1.30. The predicted octanol–water partition coefficient (Wildman–Crippen LogP) is -0.161. The van der Waals surface area contributed by atoms with Gasteiger partial charge in [0.25, 0.3) is 0 Å². The summed E-state index contributed by atoms with van der Waals surface area (Å²) < 4.78 is 0. The van der Waals surface area contributed by atoms with Crippen LogP contribution < -0.4 is 5.73 Å². The molecule has 88 valence electrons. The molecule has 1 aromatic rings. The molecule has 2 rings (SSSR count). The highest BCUT2D eigenvalue weighted by atomic mass is 16.1. The van der Waals surface area contributed by atoms with Gasteiger partial charge in [0.05, 0.1) is 13.5 Å². The molecule has 6 nitrogen and oxygen atoms in total. The first-order valence-corrected chi connectivity index (χ1v) is 5.68. The van der Waals surface area contributed by atoms with Gasteiger partial charge in [-0.15, -0.1) is 10.2 Å². The molecule has 1 saturated carbocycles. The Morgan fingerprint density at radius 1 is 1.50 bits per heavy atom. The minimum Gasteiger partial charge on any atom is -0.327 e. The number of aromatic nitrogens is 4. The molecule has 1 aliphatic rings. The Labute approximate surface area is 94.2 Å². The first kappa shape index (κ1) is 11.2. The van der Waals surface area contributed by atoms with Crippen molar-refractivity contribution in [2.24, 2.45) is 18.7 Å². The monoisotopic (exact) mass is 223 g/mol. The van der Waals surface area contributed by atoms with Gasteiger partial charge in [-0.25, -0.2) is 0 Å². The molecule has 0 spiro atoms. The maximum absolute atomic E-state index is 12.0. The van der Waals surface area contributed by atoms with Crippen molar-refractivity contribution in [3.05, 3.63) is 5.82 Å². The highest BCUT2D eigenvalue weighted by molar-refractivity contribution is 5.83. The highest BCUT2D eigenvalue weighted by Gasteiger charge is 2.28. The fourth-order valence-electron chi connectivity index (χ4n) is 2.24. The Morgan fingerprint density at radius 2 is 2.25 bits per heavy atom.